The van der Waals surface area contributed by atoms with E-state index in [2.05, 4.69) is 5.32 Å². The zero-order valence-electron chi connectivity index (χ0n) is 20.4. The van der Waals surface area contributed by atoms with E-state index in [-0.39, 0.29) is 29.5 Å². The summed E-state index contributed by atoms with van der Waals surface area (Å²) < 4.78 is 66.4. The lowest BCUT2D eigenvalue weighted by atomic mass is 9.73. The molecular formula is C26H34ClF3N2O2S. The van der Waals surface area contributed by atoms with Crippen molar-refractivity contribution in [1.82, 2.24) is 4.31 Å². The molecule has 1 N–H and O–H groups in total. The van der Waals surface area contributed by atoms with Gasteiger partial charge < -0.3 is 5.32 Å². The number of hydrogen-bond acceptors (Lipinski definition) is 3. The second-order valence-corrected chi connectivity index (χ2v) is 12.2. The Kier molecular flexibility index (Phi) is 9.16. The van der Waals surface area contributed by atoms with Crippen molar-refractivity contribution >= 4 is 27.3 Å². The summed E-state index contributed by atoms with van der Waals surface area (Å²) in [4.78, 5) is 0. The number of sulfonamides is 1. The van der Waals surface area contributed by atoms with Crippen LogP contribution in [0.1, 0.15) is 61.8 Å². The third-order valence-electron chi connectivity index (χ3n) is 6.98. The number of hydrogen-bond donors (Lipinski definition) is 1. The van der Waals surface area contributed by atoms with Crippen molar-refractivity contribution in [1.29, 1.82) is 0 Å². The Bertz CT molecular complexity index is 1080. The lowest BCUT2D eigenvalue weighted by Crippen LogP contribution is -2.34. The Hall–Kier alpha value is -1.77. The maximum absolute atomic E-state index is 13.4. The van der Waals surface area contributed by atoms with Gasteiger partial charge in [0.25, 0.3) is 0 Å². The van der Waals surface area contributed by atoms with E-state index < -0.39 is 21.8 Å². The summed E-state index contributed by atoms with van der Waals surface area (Å²) in [5.41, 5.74) is 1.85. The SMILES string of the molecule is C[C@H](CC[C@@H]1[C@H](C)c2cc(C(F)(F)F)ccc2N[C@H]1c1ccccc1)CN(C)S(=O)(=O)CCCCl. The van der Waals surface area contributed by atoms with Crippen LogP contribution in [-0.4, -0.2) is 37.9 Å². The molecule has 0 saturated carbocycles. The summed E-state index contributed by atoms with van der Waals surface area (Å²) in [5, 5.41) is 3.50. The average Bonchev–Trinajstić information content (AvgIpc) is 2.81. The van der Waals surface area contributed by atoms with Gasteiger partial charge in [0.15, 0.2) is 0 Å². The van der Waals surface area contributed by atoms with E-state index in [1.807, 2.05) is 44.2 Å². The third kappa shape index (κ3) is 6.92. The first kappa shape index (κ1) is 27.8. The number of nitrogens with one attached hydrogen (secondary N) is 1. The molecule has 0 radical (unpaired) electrons. The first-order chi connectivity index (χ1) is 16.4. The second-order valence-electron chi connectivity index (χ2n) is 9.61. The maximum Gasteiger partial charge on any atom is 0.416 e. The number of fused-ring (bicyclic) bond motifs is 1. The largest absolute Gasteiger partial charge is 0.416 e. The van der Waals surface area contributed by atoms with E-state index >= 15 is 0 Å². The fourth-order valence-corrected chi connectivity index (χ4v) is 6.56. The number of alkyl halides is 4. The highest BCUT2D eigenvalue weighted by Crippen LogP contribution is 2.48. The second kappa shape index (κ2) is 11.5. The molecule has 0 spiro atoms. The van der Waals surface area contributed by atoms with E-state index in [9.17, 15) is 21.6 Å². The molecule has 9 heteroatoms. The number of anilines is 1. The molecule has 1 aliphatic heterocycles. The molecule has 35 heavy (non-hydrogen) atoms. The molecule has 0 unspecified atom stereocenters. The van der Waals surface area contributed by atoms with Gasteiger partial charge in [-0.2, -0.15) is 13.2 Å². The lowest BCUT2D eigenvalue weighted by Gasteiger charge is -2.40. The minimum absolute atomic E-state index is 0.0255. The van der Waals surface area contributed by atoms with Gasteiger partial charge in [0.1, 0.15) is 0 Å². The van der Waals surface area contributed by atoms with Crippen molar-refractivity contribution in [3.63, 3.8) is 0 Å². The highest BCUT2D eigenvalue weighted by molar-refractivity contribution is 7.89. The van der Waals surface area contributed by atoms with Gasteiger partial charge in [-0.15, -0.1) is 11.6 Å². The molecule has 0 aromatic heterocycles. The van der Waals surface area contributed by atoms with Crippen LogP contribution in [0.4, 0.5) is 18.9 Å². The summed E-state index contributed by atoms with van der Waals surface area (Å²) in [5.74, 6) is 0.369. The summed E-state index contributed by atoms with van der Waals surface area (Å²) in [6.45, 7) is 4.40. The van der Waals surface area contributed by atoms with Crippen LogP contribution < -0.4 is 5.32 Å². The molecule has 0 bridgehead atoms. The maximum atomic E-state index is 13.4. The fraction of sp³-hybridized carbons (Fsp3) is 0.538. The van der Waals surface area contributed by atoms with Gasteiger partial charge in [-0.05, 0) is 66.3 Å². The molecule has 2 aromatic carbocycles. The van der Waals surface area contributed by atoms with Crippen molar-refractivity contribution in [2.45, 2.75) is 51.2 Å². The quantitative estimate of drug-likeness (QED) is 0.340. The molecular weight excluding hydrogens is 497 g/mol. The predicted octanol–water partition coefficient (Wildman–Crippen LogP) is 6.90. The monoisotopic (exact) mass is 530 g/mol. The molecule has 4 nitrogen and oxygen atoms in total. The van der Waals surface area contributed by atoms with E-state index in [0.29, 0.717) is 24.4 Å². The highest BCUT2D eigenvalue weighted by atomic mass is 35.5. The van der Waals surface area contributed by atoms with Crippen LogP contribution in [0.2, 0.25) is 0 Å². The van der Waals surface area contributed by atoms with Crippen molar-refractivity contribution in [2.24, 2.45) is 11.8 Å². The van der Waals surface area contributed by atoms with Crippen LogP contribution in [0.15, 0.2) is 48.5 Å². The minimum atomic E-state index is -4.39. The molecule has 3 rings (SSSR count). The van der Waals surface area contributed by atoms with E-state index in [1.165, 1.54) is 16.4 Å². The average molecular weight is 531 g/mol. The van der Waals surface area contributed by atoms with E-state index in [0.717, 1.165) is 30.2 Å². The van der Waals surface area contributed by atoms with Crippen LogP contribution in [0.5, 0.6) is 0 Å². The Morgan fingerprint density at radius 2 is 1.83 bits per heavy atom. The Morgan fingerprint density at radius 3 is 2.46 bits per heavy atom. The highest BCUT2D eigenvalue weighted by Gasteiger charge is 2.38. The van der Waals surface area contributed by atoms with Crippen molar-refractivity contribution in [3.05, 3.63) is 65.2 Å². The van der Waals surface area contributed by atoms with Crippen molar-refractivity contribution in [3.8, 4) is 0 Å². The topological polar surface area (TPSA) is 49.4 Å². The number of benzene rings is 2. The van der Waals surface area contributed by atoms with Crippen LogP contribution in [0.3, 0.4) is 0 Å². The van der Waals surface area contributed by atoms with Crippen LogP contribution >= 0.6 is 11.6 Å². The molecule has 2 aromatic rings. The predicted molar refractivity (Wildman–Crippen MR) is 136 cm³/mol. The summed E-state index contributed by atoms with van der Waals surface area (Å²) in [7, 11) is -1.76. The third-order valence-corrected chi connectivity index (χ3v) is 9.15. The fourth-order valence-electron chi connectivity index (χ4n) is 4.96. The summed E-state index contributed by atoms with van der Waals surface area (Å²) in [6, 6.07) is 13.8. The lowest BCUT2D eigenvalue weighted by molar-refractivity contribution is -0.137. The molecule has 0 fully saturated rings. The standard InChI is InChI=1S/C26H34ClF3N2O2S/c1-18(17-32(3)35(33,34)15-7-14-27)10-12-22-19(2)23-16-21(26(28,29)30)11-13-24(23)31-25(22)20-8-5-4-6-9-20/h4-6,8-9,11,13,16,18-19,22,25,31H,7,10,12,14-15,17H2,1-3H3/t18-,19+,22-,25+/m1/s1. The van der Waals surface area contributed by atoms with Gasteiger partial charge in [-0.3, -0.25) is 0 Å². The molecule has 4 atom stereocenters. The van der Waals surface area contributed by atoms with E-state index in [1.54, 1.807) is 7.05 Å². The summed E-state index contributed by atoms with van der Waals surface area (Å²) >= 11 is 5.65. The molecule has 194 valence electrons. The van der Waals surface area contributed by atoms with Gasteiger partial charge in [0.05, 0.1) is 17.4 Å². The smallest absolute Gasteiger partial charge is 0.378 e. The molecule has 1 heterocycles. The van der Waals surface area contributed by atoms with Gasteiger partial charge in [0, 0.05) is 25.2 Å². The normalized spacial score (nSPS) is 21.4. The molecule has 0 saturated heterocycles. The van der Waals surface area contributed by atoms with Crippen LogP contribution in [-0.2, 0) is 16.2 Å². The van der Waals surface area contributed by atoms with Gasteiger partial charge in [-0.1, -0.05) is 44.2 Å². The first-order valence-corrected chi connectivity index (χ1v) is 14.1. The van der Waals surface area contributed by atoms with Gasteiger partial charge in [-0.25, -0.2) is 12.7 Å². The zero-order valence-corrected chi connectivity index (χ0v) is 21.9. The van der Waals surface area contributed by atoms with Gasteiger partial charge >= 0.3 is 6.18 Å². The molecule has 1 aliphatic rings. The van der Waals surface area contributed by atoms with E-state index in [4.69, 9.17) is 11.6 Å². The first-order valence-electron chi connectivity index (χ1n) is 12.0. The Balaban J connectivity index is 1.80. The van der Waals surface area contributed by atoms with Crippen molar-refractivity contribution < 1.29 is 21.6 Å². The van der Waals surface area contributed by atoms with Crippen LogP contribution in [0, 0.1) is 11.8 Å². The van der Waals surface area contributed by atoms with Gasteiger partial charge in [0.2, 0.25) is 10.0 Å². The number of nitrogens with zero attached hydrogens (tertiary/aromatic N) is 1. The number of rotatable bonds is 10. The molecule has 0 amide bonds. The number of halogens is 4. The Labute approximate surface area is 211 Å². The van der Waals surface area contributed by atoms with Crippen molar-refractivity contribution in [2.75, 3.05) is 30.5 Å². The Morgan fingerprint density at radius 1 is 1.14 bits per heavy atom. The molecule has 0 aliphatic carbocycles. The summed E-state index contributed by atoms with van der Waals surface area (Å²) in [6.07, 6.45) is -2.48. The minimum Gasteiger partial charge on any atom is -0.378 e. The van der Waals surface area contributed by atoms with Crippen LogP contribution in [0.25, 0.3) is 0 Å². The zero-order chi connectivity index (χ0) is 25.8.